The number of rotatable bonds is 8. The van der Waals surface area contributed by atoms with Crippen LogP contribution in [0.25, 0.3) is 11.1 Å². The highest BCUT2D eigenvalue weighted by Crippen LogP contribution is 2.35. The van der Waals surface area contributed by atoms with Crippen molar-refractivity contribution in [2.24, 2.45) is 0 Å². The maximum absolute atomic E-state index is 9.76. The van der Waals surface area contributed by atoms with Crippen LogP contribution < -0.4 is 4.74 Å². The molecule has 0 aromatic heterocycles. The van der Waals surface area contributed by atoms with Crippen LogP contribution in [-0.4, -0.2) is 30.0 Å². The van der Waals surface area contributed by atoms with Crippen molar-refractivity contribution < 1.29 is 14.9 Å². The third-order valence-corrected chi connectivity index (χ3v) is 5.00. The van der Waals surface area contributed by atoms with E-state index in [4.69, 9.17) is 33.0 Å². The van der Waals surface area contributed by atoms with Crippen LogP contribution in [-0.2, 0) is 0 Å². The first-order valence-electron chi connectivity index (χ1n) is 9.32. The highest BCUT2D eigenvalue weighted by Gasteiger charge is 2.14. The SMILES string of the molecule is OCCOc1ccc(/C(=C(/CCO)c2ccc(Cl)cc2)c2ccc(Cl)cc2)cc1. The maximum Gasteiger partial charge on any atom is 0.119 e. The smallest absolute Gasteiger partial charge is 0.119 e. The van der Waals surface area contributed by atoms with Gasteiger partial charge in [0.2, 0.25) is 0 Å². The van der Waals surface area contributed by atoms with Crippen molar-refractivity contribution >= 4 is 34.3 Å². The Morgan fingerprint density at radius 1 is 0.655 bits per heavy atom. The van der Waals surface area contributed by atoms with Gasteiger partial charge in [0.25, 0.3) is 0 Å². The summed E-state index contributed by atoms with van der Waals surface area (Å²) in [6.45, 7) is 0.238. The van der Waals surface area contributed by atoms with Crippen molar-refractivity contribution in [1.29, 1.82) is 0 Å². The molecule has 2 N–H and O–H groups in total. The molecule has 0 heterocycles. The summed E-state index contributed by atoms with van der Waals surface area (Å²) in [4.78, 5) is 0. The normalized spacial score (nSPS) is 11.9. The molecule has 3 aromatic rings. The van der Waals surface area contributed by atoms with E-state index >= 15 is 0 Å². The molecule has 5 heteroatoms. The molecule has 0 aliphatic rings. The Morgan fingerprint density at radius 3 is 1.62 bits per heavy atom. The van der Waals surface area contributed by atoms with Crippen molar-refractivity contribution in [2.45, 2.75) is 6.42 Å². The lowest BCUT2D eigenvalue weighted by atomic mass is 9.88. The van der Waals surface area contributed by atoms with E-state index in [-0.39, 0.29) is 19.8 Å². The van der Waals surface area contributed by atoms with Gasteiger partial charge in [0, 0.05) is 16.7 Å². The third-order valence-electron chi connectivity index (χ3n) is 4.49. The zero-order valence-electron chi connectivity index (χ0n) is 15.8. The van der Waals surface area contributed by atoms with Crippen molar-refractivity contribution in [3.8, 4) is 5.75 Å². The predicted molar refractivity (Wildman–Crippen MR) is 120 cm³/mol. The van der Waals surface area contributed by atoms with E-state index in [1.165, 1.54) is 0 Å². The summed E-state index contributed by atoms with van der Waals surface area (Å²) in [7, 11) is 0. The fourth-order valence-electron chi connectivity index (χ4n) is 3.19. The topological polar surface area (TPSA) is 49.7 Å². The second kappa shape index (κ2) is 10.5. The fraction of sp³-hybridized carbons (Fsp3) is 0.167. The van der Waals surface area contributed by atoms with Gasteiger partial charge in [-0.25, -0.2) is 0 Å². The summed E-state index contributed by atoms with van der Waals surface area (Å²) in [6, 6.07) is 23.0. The lowest BCUT2D eigenvalue weighted by molar-refractivity contribution is 0.201. The Labute approximate surface area is 180 Å². The molecule has 0 spiro atoms. The molecule has 0 aliphatic heterocycles. The van der Waals surface area contributed by atoms with Gasteiger partial charge in [-0.15, -0.1) is 0 Å². The Bertz CT molecular complexity index is 947. The minimum Gasteiger partial charge on any atom is -0.491 e. The number of benzene rings is 3. The lowest BCUT2D eigenvalue weighted by Crippen LogP contribution is -2.02. The molecule has 0 bridgehead atoms. The van der Waals surface area contributed by atoms with Crippen LogP contribution in [0.15, 0.2) is 72.8 Å². The lowest BCUT2D eigenvalue weighted by Gasteiger charge is -2.17. The van der Waals surface area contributed by atoms with E-state index in [9.17, 15) is 5.11 Å². The van der Waals surface area contributed by atoms with Gasteiger partial charge in [-0.05, 0) is 70.7 Å². The molecule has 29 heavy (non-hydrogen) atoms. The van der Waals surface area contributed by atoms with Gasteiger partial charge >= 0.3 is 0 Å². The number of halogens is 2. The molecule has 0 atom stereocenters. The molecule has 0 saturated heterocycles. The summed E-state index contributed by atoms with van der Waals surface area (Å²) in [5.74, 6) is 0.688. The number of ether oxygens (including phenoxy) is 1. The standard InChI is InChI=1S/C24H22Cl2O3/c25-20-7-1-17(2-8-20)23(13-14-27)24(18-3-9-21(26)10-4-18)19-5-11-22(12-6-19)29-16-15-28/h1-12,27-28H,13-16H2/b24-23-. The van der Waals surface area contributed by atoms with Crippen LogP contribution in [0.4, 0.5) is 0 Å². The summed E-state index contributed by atoms with van der Waals surface area (Å²) < 4.78 is 5.48. The van der Waals surface area contributed by atoms with Gasteiger partial charge < -0.3 is 14.9 Å². The quantitative estimate of drug-likeness (QED) is 0.452. The highest BCUT2D eigenvalue weighted by molar-refractivity contribution is 6.31. The van der Waals surface area contributed by atoms with Gasteiger partial charge in [0.15, 0.2) is 0 Å². The molecule has 0 aliphatic carbocycles. The first-order valence-corrected chi connectivity index (χ1v) is 10.1. The average molecular weight is 429 g/mol. The van der Waals surface area contributed by atoms with E-state index in [0.717, 1.165) is 27.8 Å². The van der Waals surface area contributed by atoms with Crippen LogP contribution in [0.1, 0.15) is 23.1 Å². The molecule has 3 rings (SSSR count). The fourth-order valence-corrected chi connectivity index (χ4v) is 3.44. The van der Waals surface area contributed by atoms with Crippen molar-refractivity contribution in [2.75, 3.05) is 19.8 Å². The summed E-state index contributed by atoms with van der Waals surface area (Å²) in [5.41, 5.74) is 5.00. The molecule has 0 fully saturated rings. The number of hydrogen-bond acceptors (Lipinski definition) is 3. The summed E-state index contributed by atoms with van der Waals surface area (Å²) in [5, 5.41) is 20.0. The molecular weight excluding hydrogens is 407 g/mol. The Kier molecular flexibility index (Phi) is 7.73. The molecular formula is C24H22Cl2O3. The second-order valence-electron chi connectivity index (χ2n) is 6.44. The largest absolute Gasteiger partial charge is 0.491 e. The van der Waals surface area contributed by atoms with Gasteiger partial charge in [-0.2, -0.15) is 0 Å². The van der Waals surface area contributed by atoms with Crippen LogP contribution in [0.3, 0.4) is 0 Å². The Balaban J connectivity index is 2.16. The molecule has 3 nitrogen and oxygen atoms in total. The first kappa shape index (κ1) is 21.4. The molecule has 0 amide bonds. The number of aliphatic hydroxyl groups is 2. The van der Waals surface area contributed by atoms with Gasteiger partial charge in [0.05, 0.1) is 6.61 Å². The highest BCUT2D eigenvalue weighted by atomic mass is 35.5. The van der Waals surface area contributed by atoms with E-state index in [1.54, 1.807) is 0 Å². The van der Waals surface area contributed by atoms with E-state index in [2.05, 4.69) is 0 Å². The molecule has 0 saturated carbocycles. The average Bonchev–Trinajstić information content (AvgIpc) is 2.74. The summed E-state index contributed by atoms with van der Waals surface area (Å²) in [6.07, 6.45) is 0.488. The van der Waals surface area contributed by atoms with Crippen LogP contribution in [0, 0.1) is 0 Å². The molecule has 3 aromatic carbocycles. The predicted octanol–water partition coefficient (Wildman–Crippen LogP) is 5.71. The van der Waals surface area contributed by atoms with Crippen LogP contribution in [0.2, 0.25) is 10.0 Å². The van der Waals surface area contributed by atoms with E-state index in [1.807, 2.05) is 72.8 Å². The van der Waals surface area contributed by atoms with E-state index < -0.39 is 0 Å². The van der Waals surface area contributed by atoms with Crippen molar-refractivity contribution in [3.63, 3.8) is 0 Å². The van der Waals surface area contributed by atoms with Gasteiger partial charge in [-0.3, -0.25) is 0 Å². The van der Waals surface area contributed by atoms with Crippen LogP contribution in [0.5, 0.6) is 5.75 Å². The molecule has 0 radical (unpaired) electrons. The van der Waals surface area contributed by atoms with Gasteiger partial charge in [-0.1, -0.05) is 59.6 Å². The van der Waals surface area contributed by atoms with Crippen molar-refractivity contribution in [1.82, 2.24) is 0 Å². The summed E-state index contributed by atoms with van der Waals surface area (Å²) >= 11 is 12.2. The number of aliphatic hydroxyl groups excluding tert-OH is 2. The zero-order valence-corrected chi connectivity index (χ0v) is 17.3. The Morgan fingerprint density at radius 2 is 1.14 bits per heavy atom. The third kappa shape index (κ3) is 5.62. The minimum absolute atomic E-state index is 0.0206. The minimum atomic E-state index is -0.0328. The monoisotopic (exact) mass is 428 g/mol. The number of hydrogen-bond donors (Lipinski definition) is 2. The van der Waals surface area contributed by atoms with E-state index in [0.29, 0.717) is 22.2 Å². The first-order chi connectivity index (χ1) is 14.1. The molecule has 150 valence electrons. The van der Waals surface area contributed by atoms with Gasteiger partial charge in [0.1, 0.15) is 12.4 Å². The molecule has 0 unspecified atom stereocenters. The maximum atomic E-state index is 9.76. The Hall–Kier alpha value is -2.30. The van der Waals surface area contributed by atoms with Crippen LogP contribution >= 0.6 is 23.2 Å². The zero-order chi connectivity index (χ0) is 20.6. The second-order valence-corrected chi connectivity index (χ2v) is 7.31. The van der Waals surface area contributed by atoms with Crippen molar-refractivity contribution in [3.05, 3.63) is 99.5 Å².